The molecule has 0 atom stereocenters. The minimum absolute atomic E-state index is 0.0228. The summed E-state index contributed by atoms with van der Waals surface area (Å²) in [5.41, 5.74) is 0.772. The summed E-state index contributed by atoms with van der Waals surface area (Å²) in [7, 11) is 0. The molecule has 3 nitrogen and oxygen atoms in total. The molecule has 1 aromatic carbocycles. The van der Waals surface area contributed by atoms with Gasteiger partial charge in [0.25, 0.3) is 0 Å². The summed E-state index contributed by atoms with van der Waals surface area (Å²) in [4.78, 5) is 11.7. The molecule has 0 bridgehead atoms. The number of hydrogen-bond acceptors (Lipinski definition) is 2. The third kappa shape index (κ3) is 1.61. The minimum atomic E-state index is -0.0591. The Balaban J connectivity index is 2.58. The number of carbonyl (C=O) groups excluding carboxylic acids is 1. The van der Waals surface area contributed by atoms with Crippen molar-refractivity contribution in [3.05, 3.63) is 30.3 Å². The summed E-state index contributed by atoms with van der Waals surface area (Å²) in [5, 5.41) is 10.6. The highest BCUT2D eigenvalue weighted by atomic mass is 16.3. The fourth-order valence-electron chi connectivity index (χ4n) is 1.73. The van der Waals surface area contributed by atoms with Gasteiger partial charge in [-0.15, -0.1) is 0 Å². The third-order valence-corrected chi connectivity index (χ3v) is 2.40. The smallest absolute Gasteiger partial charge is 0.233 e. The van der Waals surface area contributed by atoms with Gasteiger partial charge in [-0.25, -0.2) is 0 Å². The standard InChI is InChI=1S/C12H13NO2/c1-2-5-11(14)13-10-7-4-3-6-9(10)8-12(13)15/h3-4,6-8,15H,2,5H2,1H3. The van der Waals surface area contributed by atoms with E-state index in [0.717, 1.165) is 17.3 Å². The first-order valence-corrected chi connectivity index (χ1v) is 5.06. The first-order chi connectivity index (χ1) is 7.24. The highest BCUT2D eigenvalue weighted by Crippen LogP contribution is 2.24. The molecule has 0 aliphatic heterocycles. The van der Waals surface area contributed by atoms with Gasteiger partial charge in [0, 0.05) is 17.9 Å². The van der Waals surface area contributed by atoms with Crippen molar-refractivity contribution < 1.29 is 9.90 Å². The molecule has 0 radical (unpaired) electrons. The maximum atomic E-state index is 11.7. The average Bonchev–Trinajstić information content (AvgIpc) is 2.54. The molecule has 15 heavy (non-hydrogen) atoms. The van der Waals surface area contributed by atoms with E-state index in [4.69, 9.17) is 0 Å². The molecule has 3 heteroatoms. The molecule has 78 valence electrons. The van der Waals surface area contributed by atoms with Crippen molar-refractivity contribution in [2.45, 2.75) is 19.8 Å². The van der Waals surface area contributed by atoms with Crippen molar-refractivity contribution in [2.24, 2.45) is 0 Å². The van der Waals surface area contributed by atoms with Crippen LogP contribution < -0.4 is 0 Å². The summed E-state index contributed by atoms with van der Waals surface area (Å²) in [6.45, 7) is 1.95. The monoisotopic (exact) mass is 203 g/mol. The van der Waals surface area contributed by atoms with Gasteiger partial charge in [-0.05, 0) is 12.5 Å². The van der Waals surface area contributed by atoms with Crippen LogP contribution in [-0.2, 0) is 0 Å². The Morgan fingerprint density at radius 3 is 2.87 bits per heavy atom. The van der Waals surface area contributed by atoms with Crippen molar-refractivity contribution in [2.75, 3.05) is 0 Å². The van der Waals surface area contributed by atoms with Crippen LogP contribution in [0.5, 0.6) is 5.88 Å². The lowest BCUT2D eigenvalue weighted by molar-refractivity contribution is 0.0898. The van der Waals surface area contributed by atoms with Gasteiger partial charge in [0.05, 0.1) is 5.52 Å². The topological polar surface area (TPSA) is 42.2 Å². The Kier molecular flexibility index (Phi) is 2.46. The van der Waals surface area contributed by atoms with Crippen LogP contribution in [0.2, 0.25) is 0 Å². The molecule has 1 heterocycles. The third-order valence-electron chi connectivity index (χ3n) is 2.40. The lowest BCUT2D eigenvalue weighted by Gasteiger charge is -2.03. The Morgan fingerprint density at radius 2 is 2.13 bits per heavy atom. The van der Waals surface area contributed by atoms with E-state index in [1.165, 1.54) is 4.57 Å². The van der Waals surface area contributed by atoms with E-state index in [1.54, 1.807) is 6.07 Å². The van der Waals surface area contributed by atoms with E-state index in [1.807, 2.05) is 31.2 Å². The zero-order valence-corrected chi connectivity index (χ0v) is 8.60. The number of aromatic hydroxyl groups is 1. The lowest BCUT2D eigenvalue weighted by atomic mass is 10.2. The van der Waals surface area contributed by atoms with Crippen molar-refractivity contribution in [3.63, 3.8) is 0 Å². The van der Waals surface area contributed by atoms with Gasteiger partial charge in [-0.3, -0.25) is 9.36 Å². The molecule has 2 aromatic rings. The Hall–Kier alpha value is -1.77. The van der Waals surface area contributed by atoms with Gasteiger partial charge in [-0.2, -0.15) is 0 Å². The minimum Gasteiger partial charge on any atom is -0.494 e. The largest absolute Gasteiger partial charge is 0.494 e. The molecular weight excluding hydrogens is 190 g/mol. The van der Waals surface area contributed by atoms with E-state index >= 15 is 0 Å². The molecule has 0 spiro atoms. The zero-order valence-electron chi connectivity index (χ0n) is 8.60. The van der Waals surface area contributed by atoms with Gasteiger partial charge in [0.15, 0.2) is 5.88 Å². The van der Waals surface area contributed by atoms with Crippen LogP contribution in [0.4, 0.5) is 0 Å². The highest BCUT2D eigenvalue weighted by Gasteiger charge is 2.12. The van der Waals surface area contributed by atoms with E-state index in [0.29, 0.717) is 6.42 Å². The summed E-state index contributed by atoms with van der Waals surface area (Å²) in [6.07, 6.45) is 1.23. The van der Waals surface area contributed by atoms with Crippen molar-refractivity contribution >= 4 is 16.8 Å². The predicted octanol–water partition coefficient (Wildman–Crippen LogP) is 2.79. The number of aromatic nitrogens is 1. The lowest BCUT2D eigenvalue weighted by Crippen LogP contribution is -2.08. The van der Waals surface area contributed by atoms with E-state index in [-0.39, 0.29) is 11.8 Å². The summed E-state index contributed by atoms with van der Waals surface area (Å²) in [5.74, 6) is -0.0362. The number of nitrogens with zero attached hydrogens (tertiary/aromatic N) is 1. The van der Waals surface area contributed by atoms with Crippen LogP contribution >= 0.6 is 0 Å². The molecule has 0 amide bonds. The molecule has 1 N–H and O–H groups in total. The zero-order chi connectivity index (χ0) is 10.8. The van der Waals surface area contributed by atoms with E-state index in [2.05, 4.69) is 0 Å². The van der Waals surface area contributed by atoms with E-state index in [9.17, 15) is 9.90 Å². The number of rotatable bonds is 2. The van der Waals surface area contributed by atoms with Crippen LogP contribution in [0.15, 0.2) is 30.3 Å². The quantitative estimate of drug-likeness (QED) is 0.815. The summed E-state index contributed by atoms with van der Waals surface area (Å²) in [6, 6.07) is 9.07. The number of fused-ring (bicyclic) bond motifs is 1. The molecule has 0 saturated carbocycles. The Morgan fingerprint density at radius 1 is 1.40 bits per heavy atom. The summed E-state index contributed by atoms with van der Waals surface area (Å²) >= 11 is 0. The average molecular weight is 203 g/mol. The number of hydrogen-bond donors (Lipinski definition) is 1. The number of para-hydroxylation sites is 1. The maximum absolute atomic E-state index is 11.7. The Labute approximate surface area is 87.9 Å². The van der Waals surface area contributed by atoms with Gasteiger partial charge < -0.3 is 5.11 Å². The molecule has 0 saturated heterocycles. The second-order valence-electron chi connectivity index (χ2n) is 3.54. The normalized spacial score (nSPS) is 10.7. The molecular formula is C12H13NO2. The molecule has 2 rings (SSSR count). The second-order valence-corrected chi connectivity index (χ2v) is 3.54. The molecule has 0 unspecified atom stereocenters. The van der Waals surface area contributed by atoms with Gasteiger partial charge >= 0.3 is 0 Å². The van der Waals surface area contributed by atoms with Crippen molar-refractivity contribution in [3.8, 4) is 5.88 Å². The first kappa shape index (κ1) is 9.77. The van der Waals surface area contributed by atoms with Crippen LogP contribution in [-0.4, -0.2) is 15.6 Å². The fourth-order valence-corrected chi connectivity index (χ4v) is 1.73. The highest BCUT2D eigenvalue weighted by molar-refractivity contribution is 5.94. The molecule has 0 aliphatic carbocycles. The van der Waals surface area contributed by atoms with Gasteiger partial charge in [-0.1, -0.05) is 25.1 Å². The van der Waals surface area contributed by atoms with Crippen molar-refractivity contribution in [1.82, 2.24) is 4.57 Å². The predicted molar refractivity (Wildman–Crippen MR) is 59.1 cm³/mol. The number of carbonyl (C=O) groups is 1. The van der Waals surface area contributed by atoms with Crippen LogP contribution in [0.3, 0.4) is 0 Å². The molecule has 0 aliphatic rings. The molecule has 1 aromatic heterocycles. The summed E-state index contributed by atoms with van der Waals surface area (Å²) < 4.78 is 1.37. The van der Waals surface area contributed by atoms with Crippen LogP contribution in [0, 0.1) is 0 Å². The maximum Gasteiger partial charge on any atom is 0.233 e. The van der Waals surface area contributed by atoms with Gasteiger partial charge in [0.1, 0.15) is 0 Å². The van der Waals surface area contributed by atoms with Crippen LogP contribution in [0.25, 0.3) is 10.9 Å². The second kappa shape index (κ2) is 3.77. The van der Waals surface area contributed by atoms with Gasteiger partial charge in [0.2, 0.25) is 5.91 Å². The fraction of sp³-hybridized carbons (Fsp3) is 0.250. The molecule has 0 fully saturated rings. The van der Waals surface area contributed by atoms with E-state index < -0.39 is 0 Å². The van der Waals surface area contributed by atoms with Crippen molar-refractivity contribution in [1.29, 1.82) is 0 Å². The Bertz CT molecular complexity index is 499. The van der Waals surface area contributed by atoms with Crippen LogP contribution in [0.1, 0.15) is 24.6 Å². The first-order valence-electron chi connectivity index (χ1n) is 5.06. The SMILES string of the molecule is CCCC(=O)n1c(O)cc2ccccc21. The number of benzene rings is 1.